The number of oxime groups is 1. The monoisotopic (exact) mass is 326 g/mol. The van der Waals surface area contributed by atoms with Crippen LogP contribution in [0.15, 0.2) is 47.8 Å². The summed E-state index contributed by atoms with van der Waals surface area (Å²) in [5.74, 6) is -3.74. The van der Waals surface area contributed by atoms with Crippen molar-refractivity contribution in [2.75, 3.05) is 0 Å². The van der Waals surface area contributed by atoms with Gasteiger partial charge < -0.3 is 9.94 Å². The highest BCUT2D eigenvalue weighted by atomic mass is 19.4. The summed E-state index contributed by atoms with van der Waals surface area (Å²) < 4.78 is 51.2. The highest BCUT2D eigenvalue weighted by Gasteiger charge is 2.60. The zero-order valence-electron chi connectivity index (χ0n) is 11.5. The van der Waals surface area contributed by atoms with Crippen molar-refractivity contribution >= 4 is 5.71 Å². The van der Waals surface area contributed by atoms with E-state index in [9.17, 15) is 22.7 Å². The van der Waals surface area contributed by atoms with E-state index in [4.69, 9.17) is 0 Å². The molecule has 1 atom stereocenters. The van der Waals surface area contributed by atoms with Crippen LogP contribution in [0.25, 0.3) is 11.3 Å². The van der Waals surface area contributed by atoms with E-state index in [1.54, 1.807) is 12.1 Å². The summed E-state index contributed by atoms with van der Waals surface area (Å²) in [6.45, 7) is 0. The number of pyridine rings is 1. The van der Waals surface area contributed by atoms with Crippen molar-refractivity contribution in [1.29, 1.82) is 0 Å². The second-order valence-corrected chi connectivity index (χ2v) is 5.02. The molecular weight excluding hydrogens is 316 g/mol. The van der Waals surface area contributed by atoms with E-state index in [0.29, 0.717) is 16.8 Å². The van der Waals surface area contributed by atoms with Gasteiger partial charge in [0.15, 0.2) is 0 Å². The molecule has 1 aliphatic heterocycles. The van der Waals surface area contributed by atoms with Crippen LogP contribution in [0.4, 0.5) is 17.6 Å². The van der Waals surface area contributed by atoms with Crippen LogP contribution >= 0.6 is 0 Å². The van der Waals surface area contributed by atoms with Crippen molar-refractivity contribution in [2.24, 2.45) is 5.16 Å². The van der Waals surface area contributed by atoms with Gasteiger partial charge in [0, 0.05) is 17.8 Å². The fourth-order valence-electron chi connectivity index (χ4n) is 2.12. The molecule has 23 heavy (non-hydrogen) atoms. The number of hydrogen-bond donors (Lipinski definition) is 1. The molecule has 3 rings (SSSR count). The summed E-state index contributed by atoms with van der Waals surface area (Å²) >= 11 is 0. The number of aliphatic hydroxyl groups is 1. The zero-order chi connectivity index (χ0) is 16.7. The van der Waals surface area contributed by atoms with Gasteiger partial charge in [-0.2, -0.15) is 13.2 Å². The van der Waals surface area contributed by atoms with Crippen LogP contribution in [0.1, 0.15) is 12.0 Å². The van der Waals surface area contributed by atoms with Crippen molar-refractivity contribution in [3.8, 4) is 11.3 Å². The van der Waals surface area contributed by atoms with Crippen LogP contribution in [0, 0.1) is 5.82 Å². The Labute approximate surface area is 128 Å². The SMILES string of the molecule is OC1(C(F)(F)F)CC(c2ccc(-c3cc(F)ccn3)cc2)=NO1. The largest absolute Gasteiger partial charge is 0.458 e. The minimum absolute atomic E-state index is 0.0245. The van der Waals surface area contributed by atoms with E-state index in [2.05, 4.69) is 15.0 Å². The van der Waals surface area contributed by atoms with E-state index in [-0.39, 0.29) is 5.71 Å². The standard InChI is InChI=1S/C15H10F4N2O2/c16-11-5-6-20-12(7-11)9-1-3-10(4-2-9)13-8-14(22,23-21-13)15(17,18)19/h1-7,22H,8H2. The molecule has 0 amide bonds. The van der Waals surface area contributed by atoms with Crippen LogP contribution in [0.2, 0.25) is 0 Å². The summed E-state index contributed by atoms with van der Waals surface area (Å²) in [7, 11) is 0. The smallest absolute Gasteiger partial charge is 0.350 e. The lowest BCUT2D eigenvalue weighted by Crippen LogP contribution is -2.45. The first-order valence-corrected chi connectivity index (χ1v) is 6.55. The highest BCUT2D eigenvalue weighted by molar-refractivity contribution is 6.01. The number of alkyl halides is 3. The molecule has 0 spiro atoms. The molecule has 0 fully saturated rings. The zero-order valence-corrected chi connectivity index (χ0v) is 11.5. The van der Waals surface area contributed by atoms with Crippen LogP contribution in [0.5, 0.6) is 0 Å². The van der Waals surface area contributed by atoms with Gasteiger partial charge in [-0.25, -0.2) is 4.39 Å². The Morgan fingerprint density at radius 2 is 1.74 bits per heavy atom. The van der Waals surface area contributed by atoms with Crippen LogP contribution in [-0.2, 0) is 4.84 Å². The Bertz CT molecular complexity index is 759. The number of rotatable bonds is 2. The molecule has 0 saturated heterocycles. The van der Waals surface area contributed by atoms with Gasteiger partial charge >= 0.3 is 12.0 Å². The molecule has 2 heterocycles. The average molecular weight is 326 g/mol. The third kappa shape index (κ3) is 2.89. The van der Waals surface area contributed by atoms with Gasteiger partial charge in [-0.3, -0.25) is 4.98 Å². The predicted molar refractivity (Wildman–Crippen MR) is 72.9 cm³/mol. The predicted octanol–water partition coefficient (Wildman–Crippen LogP) is 3.26. The molecule has 4 nitrogen and oxygen atoms in total. The fourth-order valence-corrected chi connectivity index (χ4v) is 2.12. The molecule has 0 radical (unpaired) electrons. The first-order chi connectivity index (χ1) is 10.8. The second kappa shape index (κ2) is 5.31. The van der Waals surface area contributed by atoms with Crippen LogP contribution in [0.3, 0.4) is 0 Å². The van der Waals surface area contributed by atoms with Crippen LogP contribution in [-0.4, -0.2) is 27.8 Å². The Hall–Kier alpha value is -2.48. The molecule has 0 saturated carbocycles. The Morgan fingerprint density at radius 3 is 2.30 bits per heavy atom. The van der Waals surface area contributed by atoms with Crippen molar-refractivity contribution in [2.45, 2.75) is 18.4 Å². The number of halogens is 4. The minimum atomic E-state index is -4.94. The second-order valence-electron chi connectivity index (χ2n) is 5.02. The third-order valence-corrected chi connectivity index (χ3v) is 3.39. The number of hydrogen-bond acceptors (Lipinski definition) is 4. The summed E-state index contributed by atoms with van der Waals surface area (Å²) in [5, 5.41) is 12.7. The summed E-state index contributed by atoms with van der Waals surface area (Å²) in [6, 6.07) is 8.61. The average Bonchev–Trinajstić information content (AvgIpc) is 2.91. The number of benzene rings is 1. The maximum atomic E-state index is 13.2. The maximum Gasteiger partial charge on any atom is 0.458 e. The molecule has 1 N–H and O–H groups in total. The molecule has 1 unspecified atom stereocenters. The molecule has 120 valence electrons. The number of aromatic nitrogens is 1. The highest BCUT2D eigenvalue weighted by Crippen LogP contribution is 2.39. The van der Waals surface area contributed by atoms with Gasteiger partial charge in [0.25, 0.3) is 0 Å². The molecule has 0 bridgehead atoms. The Morgan fingerprint density at radius 1 is 1.09 bits per heavy atom. The normalized spacial score (nSPS) is 21.0. The van der Waals surface area contributed by atoms with E-state index >= 15 is 0 Å². The Kier molecular flexibility index (Phi) is 3.56. The number of nitrogens with zero attached hydrogens (tertiary/aromatic N) is 2. The summed E-state index contributed by atoms with van der Waals surface area (Å²) in [6.07, 6.45) is -4.42. The van der Waals surface area contributed by atoms with Gasteiger partial charge in [-0.15, -0.1) is 0 Å². The molecule has 1 aromatic heterocycles. The van der Waals surface area contributed by atoms with Gasteiger partial charge in [-0.1, -0.05) is 29.4 Å². The summed E-state index contributed by atoms with van der Waals surface area (Å²) in [4.78, 5) is 8.17. The van der Waals surface area contributed by atoms with Crippen molar-refractivity contribution < 1.29 is 27.5 Å². The van der Waals surface area contributed by atoms with Crippen molar-refractivity contribution in [3.63, 3.8) is 0 Å². The van der Waals surface area contributed by atoms with E-state index in [1.165, 1.54) is 30.5 Å². The lowest BCUT2D eigenvalue weighted by molar-refractivity contribution is -0.355. The van der Waals surface area contributed by atoms with E-state index in [0.717, 1.165) is 0 Å². The quantitative estimate of drug-likeness (QED) is 0.862. The molecule has 1 aromatic carbocycles. The fraction of sp³-hybridized carbons (Fsp3) is 0.200. The first-order valence-electron chi connectivity index (χ1n) is 6.55. The van der Waals surface area contributed by atoms with E-state index in [1.807, 2.05) is 0 Å². The lowest BCUT2D eigenvalue weighted by atomic mass is 10.0. The van der Waals surface area contributed by atoms with Crippen molar-refractivity contribution in [1.82, 2.24) is 4.98 Å². The molecule has 8 heteroatoms. The van der Waals surface area contributed by atoms with Gasteiger partial charge in [0.2, 0.25) is 0 Å². The maximum absolute atomic E-state index is 13.2. The molecule has 0 aliphatic carbocycles. The molecule has 1 aliphatic rings. The van der Waals surface area contributed by atoms with Crippen LogP contribution < -0.4 is 0 Å². The van der Waals surface area contributed by atoms with E-state index < -0.39 is 24.2 Å². The molecule has 2 aromatic rings. The third-order valence-electron chi connectivity index (χ3n) is 3.39. The molecular formula is C15H10F4N2O2. The first kappa shape index (κ1) is 15.4. The Balaban J connectivity index is 1.82. The van der Waals surface area contributed by atoms with Gasteiger partial charge in [0.05, 0.1) is 17.8 Å². The van der Waals surface area contributed by atoms with Gasteiger partial charge in [-0.05, 0) is 11.6 Å². The lowest BCUT2D eigenvalue weighted by Gasteiger charge is -2.22. The summed E-state index contributed by atoms with van der Waals surface area (Å²) in [5.41, 5.74) is 1.33. The topological polar surface area (TPSA) is 54.7 Å². The van der Waals surface area contributed by atoms with Gasteiger partial charge in [0.1, 0.15) is 5.82 Å². The van der Waals surface area contributed by atoms with Crippen molar-refractivity contribution in [3.05, 3.63) is 54.0 Å². The minimum Gasteiger partial charge on any atom is -0.350 e.